The zero-order valence-corrected chi connectivity index (χ0v) is 24.7. The van der Waals surface area contributed by atoms with E-state index in [2.05, 4.69) is 11.8 Å². The molecule has 6 nitrogen and oxygen atoms in total. The second-order valence-corrected chi connectivity index (χ2v) is 11.5. The predicted molar refractivity (Wildman–Crippen MR) is 158 cm³/mol. The van der Waals surface area contributed by atoms with Crippen LogP contribution in [0.1, 0.15) is 30.2 Å². The molecule has 4 rings (SSSR count). The van der Waals surface area contributed by atoms with Crippen LogP contribution in [-0.4, -0.2) is 56.2 Å². The molecular formula is C30H32Cl2N2O4S. The average molecular weight is 588 g/mol. The van der Waals surface area contributed by atoms with E-state index in [4.69, 9.17) is 32.7 Å². The van der Waals surface area contributed by atoms with Crippen molar-refractivity contribution in [3.05, 3.63) is 87.9 Å². The molecule has 0 saturated heterocycles. The number of nitrogens with zero attached hydrogens (tertiary/aromatic N) is 2. The highest BCUT2D eigenvalue weighted by Crippen LogP contribution is 2.47. The third-order valence-electron chi connectivity index (χ3n) is 6.90. The molecule has 3 aromatic carbocycles. The summed E-state index contributed by atoms with van der Waals surface area (Å²) >= 11 is 14.1. The fourth-order valence-electron chi connectivity index (χ4n) is 4.56. The minimum Gasteiger partial charge on any atom is -0.497 e. The van der Waals surface area contributed by atoms with Crippen LogP contribution in [0.3, 0.4) is 0 Å². The molecule has 1 aliphatic heterocycles. The smallest absolute Gasteiger partial charge is 0.303 e. The zero-order chi connectivity index (χ0) is 28.1. The number of amides is 1. The number of hydrogen-bond acceptors (Lipinski definition) is 6. The van der Waals surface area contributed by atoms with Crippen molar-refractivity contribution in [3.63, 3.8) is 0 Å². The molecule has 39 heavy (non-hydrogen) atoms. The van der Waals surface area contributed by atoms with E-state index in [0.717, 1.165) is 34.7 Å². The summed E-state index contributed by atoms with van der Waals surface area (Å²) in [7, 11) is 3.63. The van der Waals surface area contributed by atoms with Gasteiger partial charge >= 0.3 is 5.97 Å². The highest BCUT2D eigenvalue weighted by Gasteiger charge is 2.41. The lowest BCUT2D eigenvalue weighted by molar-refractivity contribution is -0.152. The quantitative estimate of drug-likeness (QED) is 0.261. The van der Waals surface area contributed by atoms with Gasteiger partial charge < -0.3 is 19.3 Å². The summed E-state index contributed by atoms with van der Waals surface area (Å²) in [6.45, 7) is 4.56. The van der Waals surface area contributed by atoms with E-state index in [9.17, 15) is 9.59 Å². The molecule has 1 amide bonds. The molecule has 0 bridgehead atoms. The number of halogens is 2. The molecule has 0 aliphatic carbocycles. The number of esters is 1. The van der Waals surface area contributed by atoms with E-state index in [-0.39, 0.29) is 11.9 Å². The fraction of sp³-hybridized carbons (Fsp3) is 0.333. The molecule has 1 aliphatic rings. The van der Waals surface area contributed by atoms with Crippen LogP contribution in [0.15, 0.2) is 71.6 Å². The first kappa shape index (κ1) is 29.3. The van der Waals surface area contributed by atoms with Crippen molar-refractivity contribution in [1.29, 1.82) is 0 Å². The molecule has 3 atom stereocenters. The lowest BCUT2D eigenvalue weighted by atomic mass is 10.0. The summed E-state index contributed by atoms with van der Waals surface area (Å²) in [6, 6.07) is 21.0. The van der Waals surface area contributed by atoms with Crippen molar-refractivity contribution >= 4 is 52.5 Å². The van der Waals surface area contributed by atoms with E-state index in [1.807, 2.05) is 67.7 Å². The van der Waals surface area contributed by atoms with E-state index < -0.39 is 17.3 Å². The number of rotatable bonds is 9. The number of likely N-dealkylation sites (N-methyl/N-ethyl adjacent to an activating group) is 1. The molecule has 3 aromatic rings. The molecule has 0 saturated carbocycles. The molecule has 0 spiro atoms. The zero-order valence-electron chi connectivity index (χ0n) is 22.4. The maximum Gasteiger partial charge on any atom is 0.303 e. The van der Waals surface area contributed by atoms with Gasteiger partial charge in [-0.25, -0.2) is 0 Å². The summed E-state index contributed by atoms with van der Waals surface area (Å²) in [6.07, 6.45) is -0.271. The molecule has 0 aromatic heterocycles. The topological polar surface area (TPSA) is 59.1 Å². The number of carbonyl (C=O) groups is 2. The van der Waals surface area contributed by atoms with Crippen LogP contribution < -0.4 is 9.64 Å². The van der Waals surface area contributed by atoms with Crippen LogP contribution in [-0.2, 0) is 20.7 Å². The Morgan fingerprint density at radius 1 is 1.08 bits per heavy atom. The van der Waals surface area contributed by atoms with E-state index in [1.54, 1.807) is 18.1 Å². The number of methoxy groups -OCH3 is 1. The van der Waals surface area contributed by atoms with Crippen LogP contribution >= 0.6 is 35.0 Å². The summed E-state index contributed by atoms with van der Waals surface area (Å²) in [5.74, 6) is -0.0331. The summed E-state index contributed by atoms with van der Waals surface area (Å²) in [5.41, 5.74) is 2.66. The average Bonchev–Trinajstić information content (AvgIpc) is 3.04. The third kappa shape index (κ3) is 6.90. The van der Waals surface area contributed by atoms with Crippen molar-refractivity contribution < 1.29 is 19.1 Å². The summed E-state index contributed by atoms with van der Waals surface area (Å²) in [4.78, 5) is 31.2. The van der Waals surface area contributed by atoms with Crippen LogP contribution in [0, 0.1) is 0 Å². The Bertz CT molecular complexity index is 1320. The maximum absolute atomic E-state index is 14.1. The Kier molecular flexibility index (Phi) is 9.83. The minimum atomic E-state index is -0.990. The second-order valence-electron chi connectivity index (χ2n) is 9.55. The Labute approximate surface area is 244 Å². The molecule has 9 heteroatoms. The van der Waals surface area contributed by atoms with Crippen molar-refractivity contribution in [2.45, 2.75) is 42.6 Å². The van der Waals surface area contributed by atoms with Gasteiger partial charge in [0.25, 0.3) is 5.91 Å². The lowest BCUT2D eigenvalue weighted by Crippen LogP contribution is -2.48. The number of hydrogen-bond donors (Lipinski definition) is 0. The molecular weight excluding hydrogens is 555 g/mol. The van der Waals surface area contributed by atoms with Gasteiger partial charge in [0, 0.05) is 31.0 Å². The van der Waals surface area contributed by atoms with Crippen molar-refractivity contribution in [2.75, 3.05) is 32.1 Å². The number of anilines is 1. The second kappa shape index (κ2) is 13.1. The number of para-hydroxylation sites is 1. The lowest BCUT2D eigenvalue weighted by Gasteiger charge is -2.33. The molecule has 0 unspecified atom stereocenters. The fourth-order valence-corrected chi connectivity index (χ4v) is 6.29. The van der Waals surface area contributed by atoms with Crippen molar-refractivity contribution in [1.82, 2.24) is 4.90 Å². The highest BCUT2D eigenvalue weighted by molar-refractivity contribution is 7.99. The molecule has 1 heterocycles. The van der Waals surface area contributed by atoms with Crippen LogP contribution in [0.4, 0.5) is 5.69 Å². The normalized spacial score (nSPS) is 17.9. The summed E-state index contributed by atoms with van der Waals surface area (Å²) in [5, 5.41) is 0.691. The van der Waals surface area contributed by atoms with Crippen molar-refractivity contribution in [2.24, 2.45) is 0 Å². The number of fused-ring (bicyclic) bond motifs is 1. The van der Waals surface area contributed by atoms with Gasteiger partial charge in [-0.05, 0) is 61.9 Å². The Morgan fingerprint density at radius 2 is 1.79 bits per heavy atom. The predicted octanol–water partition coefficient (Wildman–Crippen LogP) is 6.68. The largest absolute Gasteiger partial charge is 0.497 e. The number of thioether (sulfide) groups is 1. The first-order valence-electron chi connectivity index (χ1n) is 12.7. The first-order chi connectivity index (χ1) is 18.7. The highest BCUT2D eigenvalue weighted by atomic mass is 35.5. The maximum atomic E-state index is 14.1. The molecule has 0 N–H and O–H groups in total. The van der Waals surface area contributed by atoms with E-state index >= 15 is 0 Å². The summed E-state index contributed by atoms with van der Waals surface area (Å²) < 4.78 is 11.0. The van der Waals surface area contributed by atoms with Gasteiger partial charge in [0.05, 0.1) is 28.1 Å². The number of ether oxygens (including phenoxy) is 2. The molecule has 206 valence electrons. The Morgan fingerprint density at radius 3 is 2.49 bits per heavy atom. The SMILES string of the molecule is COc1ccc([C@@H]2Sc3ccccc3N(C[C@H](C)N(C)CCc3cccc(Cl)c3Cl)C(=O)[C@@H]2OC(C)=O)cc1. The number of benzene rings is 3. The van der Waals surface area contributed by atoms with E-state index in [1.165, 1.54) is 18.7 Å². The monoisotopic (exact) mass is 586 g/mol. The Hall–Kier alpha value is -2.71. The van der Waals surface area contributed by atoms with Crippen LogP contribution in [0.25, 0.3) is 0 Å². The minimum absolute atomic E-state index is 0.000445. The first-order valence-corrected chi connectivity index (χ1v) is 14.3. The van der Waals surface area contributed by atoms with Gasteiger partial charge in [0.2, 0.25) is 0 Å². The van der Waals surface area contributed by atoms with Gasteiger partial charge in [0.1, 0.15) is 5.75 Å². The van der Waals surface area contributed by atoms with Gasteiger partial charge in [0.15, 0.2) is 6.10 Å². The Balaban J connectivity index is 1.60. The van der Waals surface area contributed by atoms with Crippen molar-refractivity contribution in [3.8, 4) is 5.75 Å². The van der Waals surface area contributed by atoms with Gasteiger partial charge in [-0.3, -0.25) is 9.59 Å². The van der Waals surface area contributed by atoms with Gasteiger partial charge in [-0.2, -0.15) is 0 Å². The molecule has 0 fully saturated rings. The standard InChI is InChI=1S/C30H32Cl2N2O4S/c1-19(33(3)17-16-21-8-7-9-24(31)27(21)32)18-34-25-10-5-6-11-26(25)39-29(28(30(34)36)38-20(2)35)22-12-14-23(37-4)15-13-22/h5-15,19,28-29H,16-18H2,1-4H3/t19-,28+,29-/m0/s1. The van der Waals surface area contributed by atoms with Gasteiger partial charge in [-0.1, -0.05) is 59.6 Å². The number of carbonyl (C=O) groups excluding carboxylic acids is 2. The van der Waals surface area contributed by atoms with Gasteiger partial charge in [-0.15, -0.1) is 11.8 Å². The van der Waals surface area contributed by atoms with Crippen LogP contribution in [0.2, 0.25) is 10.0 Å². The molecule has 0 radical (unpaired) electrons. The van der Waals surface area contributed by atoms with E-state index in [0.29, 0.717) is 22.3 Å². The van der Waals surface area contributed by atoms with Crippen LogP contribution in [0.5, 0.6) is 5.75 Å². The third-order valence-corrected chi connectivity index (χ3v) is 9.13.